The molecule has 0 spiro atoms. The maximum atomic E-state index is 11.6. The van der Waals surface area contributed by atoms with Crippen molar-refractivity contribution in [3.05, 3.63) is 28.7 Å². The van der Waals surface area contributed by atoms with Gasteiger partial charge in [-0.05, 0) is 71.9 Å². The molecule has 0 radical (unpaired) electrons. The summed E-state index contributed by atoms with van der Waals surface area (Å²) in [6.07, 6.45) is 2.72. The Kier molecular flexibility index (Phi) is 7.25. The Morgan fingerprint density at radius 1 is 1.14 bits per heavy atom. The topological polar surface area (TPSA) is 110 Å². The molecule has 0 saturated carbocycles. The van der Waals surface area contributed by atoms with Crippen molar-refractivity contribution in [2.24, 2.45) is 0 Å². The third-order valence-electron chi connectivity index (χ3n) is 7.59. The molecule has 2 aliphatic rings. The molecular formula is C25H34BrN7O3Si. The number of benzene rings is 1. The number of halogens is 1. The lowest BCUT2D eigenvalue weighted by molar-refractivity contribution is 0.0803. The van der Waals surface area contributed by atoms with Gasteiger partial charge in [0.1, 0.15) is 17.8 Å². The summed E-state index contributed by atoms with van der Waals surface area (Å²) in [7, 11) is 0.852. The summed E-state index contributed by atoms with van der Waals surface area (Å²) in [6.45, 7) is 8.03. The van der Waals surface area contributed by atoms with Crippen LogP contribution in [0.5, 0.6) is 0 Å². The van der Waals surface area contributed by atoms with E-state index in [-0.39, 0.29) is 18.1 Å². The van der Waals surface area contributed by atoms with E-state index in [4.69, 9.17) is 4.74 Å². The number of nitrogens with zero attached hydrogens (tertiary/aromatic N) is 7. The summed E-state index contributed by atoms with van der Waals surface area (Å²) in [5.74, 6) is 0.784. The minimum Gasteiger partial charge on any atom is -0.465 e. The highest BCUT2D eigenvalue weighted by Crippen LogP contribution is 2.38. The van der Waals surface area contributed by atoms with Crippen LogP contribution in [0.4, 0.5) is 10.6 Å². The van der Waals surface area contributed by atoms with E-state index >= 15 is 0 Å². The second kappa shape index (κ2) is 10.3. The van der Waals surface area contributed by atoms with E-state index in [9.17, 15) is 9.90 Å². The molecule has 1 amide bonds. The quantitative estimate of drug-likeness (QED) is 0.287. The maximum Gasteiger partial charge on any atom is 0.407 e. The molecule has 198 valence electrons. The summed E-state index contributed by atoms with van der Waals surface area (Å²) in [4.78, 5) is 15.4. The largest absolute Gasteiger partial charge is 0.465 e. The summed E-state index contributed by atoms with van der Waals surface area (Å²) in [5.41, 5.74) is 3.25. The Hall–Kier alpha value is -2.57. The van der Waals surface area contributed by atoms with E-state index in [1.807, 2.05) is 31.3 Å². The molecule has 5 rings (SSSR count). The third kappa shape index (κ3) is 5.37. The number of rotatable bonds is 8. The molecule has 3 aromatic rings. The highest BCUT2D eigenvalue weighted by molar-refractivity contribution is 9.10. The SMILES string of the molecule is CN(c1ccc(-c2ccc(Br)c3nnn(COCC[Si](C)(C)C)c23)nn1)C1CC2CCC(C1)N2C(=O)O. The zero-order valence-electron chi connectivity index (χ0n) is 21.8. The molecule has 4 heterocycles. The van der Waals surface area contributed by atoms with Crippen molar-refractivity contribution < 1.29 is 14.6 Å². The molecule has 2 aromatic heterocycles. The van der Waals surface area contributed by atoms with Gasteiger partial charge in [0.15, 0.2) is 5.82 Å². The van der Waals surface area contributed by atoms with Crippen LogP contribution in [0.3, 0.4) is 0 Å². The first-order valence-corrected chi connectivity index (χ1v) is 17.3. The van der Waals surface area contributed by atoms with Crippen molar-refractivity contribution in [1.29, 1.82) is 0 Å². The van der Waals surface area contributed by atoms with E-state index in [1.54, 1.807) is 9.58 Å². The zero-order valence-corrected chi connectivity index (χ0v) is 24.3. The Balaban J connectivity index is 1.34. The van der Waals surface area contributed by atoms with E-state index in [1.165, 1.54) is 0 Å². The predicted octanol–water partition coefficient (Wildman–Crippen LogP) is 5.07. The van der Waals surface area contributed by atoms with Gasteiger partial charge < -0.3 is 19.6 Å². The molecule has 0 aliphatic carbocycles. The number of fused-ring (bicyclic) bond motifs is 3. The van der Waals surface area contributed by atoms with Gasteiger partial charge in [-0.1, -0.05) is 24.9 Å². The fourth-order valence-electron chi connectivity index (χ4n) is 5.50. The van der Waals surface area contributed by atoms with Crippen molar-refractivity contribution in [1.82, 2.24) is 30.1 Å². The number of aromatic nitrogens is 5. The first-order valence-electron chi connectivity index (χ1n) is 12.8. The van der Waals surface area contributed by atoms with Gasteiger partial charge in [0.2, 0.25) is 0 Å². The van der Waals surface area contributed by atoms with Crippen molar-refractivity contribution in [2.75, 3.05) is 18.6 Å². The average molecular weight is 589 g/mol. The maximum absolute atomic E-state index is 11.6. The van der Waals surface area contributed by atoms with Crippen molar-refractivity contribution in [3.8, 4) is 11.3 Å². The first-order chi connectivity index (χ1) is 17.6. The molecule has 37 heavy (non-hydrogen) atoms. The van der Waals surface area contributed by atoms with Gasteiger partial charge in [-0.2, -0.15) is 0 Å². The lowest BCUT2D eigenvalue weighted by atomic mass is 9.96. The standard InChI is InChI=1S/C25H34BrN7O3Si/c1-31(18-13-16-5-6-17(14-18)33(16)25(34)35)22-10-9-21(27-28-22)19-7-8-20(26)23-24(19)32(30-29-23)15-36-11-12-37(2,3)4/h7-10,16-18H,5-6,11-15H2,1-4H3,(H,34,35). The summed E-state index contributed by atoms with van der Waals surface area (Å²) in [5, 5.41) is 27.4. The van der Waals surface area contributed by atoms with Crippen LogP contribution in [-0.2, 0) is 11.5 Å². The number of carboxylic acid groups (broad SMARTS) is 1. The molecular weight excluding hydrogens is 554 g/mol. The van der Waals surface area contributed by atoms with Gasteiger partial charge >= 0.3 is 6.09 Å². The molecule has 10 nitrogen and oxygen atoms in total. The fraction of sp³-hybridized carbons (Fsp3) is 0.560. The molecule has 2 bridgehead atoms. The van der Waals surface area contributed by atoms with Crippen LogP contribution in [0.1, 0.15) is 25.7 Å². The number of amides is 1. The summed E-state index contributed by atoms with van der Waals surface area (Å²) >= 11 is 3.59. The Morgan fingerprint density at radius 3 is 2.49 bits per heavy atom. The lowest BCUT2D eigenvalue weighted by Crippen LogP contribution is -2.51. The highest BCUT2D eigenvalue weighted by Gasteiger charge is 2.44. The van der Waals surface area contributed by atoms with Gasteiger partial charge in [-0.25, -0.2) is 9.48 Å². The third-order valence-corrected chi connectivity index (χ3v) is 9.93. The number of anilines is 1. The average Bonchev–Trinajstić information content (AvgIpc) is 3.40. The number of hydrogen-bond acceptors (Lipinski definition) is 7. The molecule has 2 aliphatic heterocycles. The molecule has 2 saturated heterocycles. The van der Waals surface area contributed by atoms with Crippen LogP contribution < -0.4 is 4.90 Å². The molecule has 1 N–H and O–H groups in total. The zero-order chi connectivity index (χ0) is 26.3. The van der Waals surface area contributed by atoms with Crippen LogP contribution in [0, 0.1) is 0 Å². The Labute approximate surface area is 226 Å². The highest BCUT2D eigenvalue weighted by atomic mass is 79.9. The fourth-order valence-corrected chi connectivity index (χ4v) is 6.66. The number of hydrogen-bond donors (Lipinski definition) is 1. The summed E-state index contributed by atoms with van der Waals surface area (Å²) in [6, 6.07) is 9.43. The van der Waals surface area contributed by atoms with Crippen LogP contribution >= 0.6 is 15.9 Å². The van der Waals surface area contributed by atoms with Crippen LogP contribution in [0.2, 0.25) is 25.7 Å². The Bertz CT molecular complexity index is 1270. The van der Waals surface area contributed by atoms with Gasteiger partial charge in [0.05, 0.1) is 5.69 Å². The monoisotopic (exact) mass is 587 g/mol. The van der Waals surface area contributed by atoms with Gasteiger partial charge in [-0.15, -0.1) is 15.3 Å². The molecule has 1 aromatic carbocycles. The van der Waals surface area contributed by atoms with E-state index in [0.29, 0.717) is 13.3 Å². The Morgan fingerprint density at radius 2 is 1.86 bits per heavy atom. The summed E-state index contributed by atoms with van der Waals surface area (Å²) < 4.78 is 8.60. The number of piperidine rings is 1. The second-order valence-corrected chi connectivity index (χ2v) is 17.8. The minimum absolute atomic E-state index is 0.0905. The van der Waals surface area contributed by atoms with Gasteiger partial charge in [0, 0.05) is 49.9 Å². The lowest BCUT2D eigenvalue weighted by Gasteiger charge is -2.41. The van der Waals surface area contributed by atoms with Gasteiger partial charge in [-0.3, -0.25) is 0 Å². The van der Waals surface area contributed by atoms with E-state index in [2.05, 4.69) is 61.0 Å². The molecule has 2 atom stereocenters. The van der Waals surface area contributed by atoms with Crippen LogP contribution in [0.25, 0.3) is 22.3 Å². The van der Waals surface area contributed by atoms with Crippen molar-refractivity contribution in [3.63, 3.8) is 0 Å². The second-order valence-electron chi connectivity index (χ2n) is 11.3. The van der Waals surface area contributed by atoms with Crippen LogP contribution in [-0.4, -0.2) is 81.1 Å². The van der Waals surface area contributed by atoms with Crippen molar-refractivity contribution >= 4 is 46.9 Å². The van der Waals surface area contributed by atoms with E-state index in [0.717, 1.165) is 64.3 Å². The van der Waals surface area contributed by atoms with E-state index < -0.39 is 14.2 Å². The van der Waals surface area contributed by atoms with Crippen LogP contribution in [0.15, 0.2) is 28.7 Å². The minimum atomic E-state index is -1.17. The smallest absolute Gasteiger partial charge is 0.407 e. The van der Waals surface area contributed by atoms with Gasteiger partial charge in [0.25, 0.3) is 0 Å². The molecule has 2 unspecified atom stereocenters. The van der Waals surface area contributed by atoms with Crippen molar-refractivity contribution in [2.45, 2.75) is 76.2 Å². The normalized spacial score (nSPS) is 21.5. The number of ether oxygens (including phenoxy) is 1. The number of carbonyl (C=O) groups is 1. The molecule has 2 fully saturated rings. The predicted molar refractivity (Wildman–Crippen MR) is 148 cm³/mol. The first kappa shape index (κ1) is 26.1. The molecule has 12 heteroatoms.